The molecule has 0 atom stereocenters. The molecule has 1 aromatic carbocycles. The summed E-state index contributed by atoms with van der Waals surface area (Å²) >= 11 is 3.11. The molecule has 2 rings (SSSR count). The maximum atomic E-state index is 13.0. The molecule has 0 spiro atoms. The van der Waals surface area contributed by atoms with Gasteiger partial charge in [-0.25, -0.2) is 4.39 Å². The van der Waals surface area contributed by atoms with Gasteiger partial charge in [-0.15, -0.1) is 0 Å². The molecule has 0 amide bonds. The molecule has 0 aliphatic heterocycles. The van der Waals surface area contributed by atoms with E-state index >= 15 is 0 Å². The van der Waals surface area contributed by atoms with Gasteiger partial charge in [0.25, 0.3) is 0 Å². The van der Waals surface area contributed by atoms with E-state index in [0.717, 1.165) is 11.3 Å². The first kappa shape index (κ1) is 12.0. The summed E-state index contributed by atoms with van der Waals surface area (Å²) in [5, 5.41) is 0. The quantitative estimate of drug-likeness (QED) is 0.857. The van der Waals surface area contributed by atoms with Crippen LogP contribution in [0.3, 0.4) is 0 Å². The van der Waals surface area contributed by atoms with Crippen LogP contribution in [0.2, 0.25) is 0 Å². The normalized spacial score (nSPS) is 10.3. The second-order valence-corrected chi connectivity index (χ2v) is 4.55. The van der Waals surface area contributed by atoms with Crippen molar-refractivity contribution in [2.24, 2.45) is 0 Å². The Morgan fingerprint density at radius 1 is 1.29 bits per heavy atom. The molecule has 1 aromatic heterocycles. The molecule has 2 nitrogen and oxygen atoms in total. The fourth-order valence-electron chi connectivity index (χ4n) is 1.31. The largest absolute Gasteiger partial charge is 0.487 e. The Morgan fingerprint density at radius 3 is 2.76 bits per heavy atom. The van der Waals surface area contributed by atoms with E-state index in [2.05, 4.69) is 20.9 Å². The lowest BCUT2D eigenvalue weighted by Gasteiger charge is -2.06. The number of aromatic nitrogens is 1. The van der Waals surface area contributed by atoms with Gasteiger partial charge in [0.05, 0.1) is 10.2 Å². The van der Waals surface area contributed by atoms with Gasteiger partial charge in [-0.3, -0.25) is 4.98 Å². The van der Waals surface area contributed by atoms with Crippen LogP contribution in [0, 0.1) is 12.7 Å². The number of nitrogens with zero attached hydrogens (tertiary/aromatic N) is 1. The number of ether oxygens (including phenoxy) is 1. The van der Waals surface area contributed by atoms with Crippen molar-refractivity contribution in [2.75, 3.05) is 0 Å². The molecule has 2 aromatic rings. The molecule has 0 fully saturated rings. The van der Waals surface area contributed by atoms with Crippen molar-refractivity contribution in [1.82, 2.24) is 4.98 Å². The van der Waals surface area contributed by atoms with E-state index in [1.54, 1.807) is 18.3 Å². The highest BCUT2D eigenvalue weighted by Crippen LogP contribution is 2.22. The second kappa shape index (κ2) is 5.27. The number of rotatable bonds is 3. The first-order valence-electron chi connectivity index (χ1n) is 5.14. The molecule has 0 saturated carbocycles. The fraction of sp³-hybridized carbons (Fsp3) is 0.154. The standard InChI is InChI=1S/C13H11BrFNO/c1-9-2-3-10(16-7-9)8-17-11-4-5-13(15)12(14)6-11/h2-7H,8H2,1H3. The number of aryl methyl sites for hydroxylation is 1. The van der Waals surface area contributed by atoms with Gasteiger partial charge in [0.15, 0.2) is 0 Å². The van der Waals surface area contributed by atoms with Crippen LogP contribution in [-0.2, 0) is 6.61 Å². The van der Waals surface area contributed by atoms with Gasteiger partial charge >= 0.3 is 0 Å². The lowest BCUT2D eigenvalue weighted by Crippen LogP contribution is -1.98. The van der Waals surface area contributed by atoms with Crippen molar-refractivity contribution in [1.29, 1.82) is 0 Å². The first-order valence-corrected chi connectivity index (χ1v) is 5.94. The van der Waals surface area contributed by atoms with Crippen molar-refractivity contribution in [3.8, 4) is 5.75 Å². The van der Waals surface area contributed by atoms with Crippen LogP contribution in [0.25, 0.3) is 0 Å². The SMILES string of the molecule is Cc1ccc(COc2ccc(F)c(Br)c2)nc1. The summed E-state index contributed by atoms with van der Waals surface area (Å²) in [4.78, 5) is 4.22. The van der Waals surface area contributed by atoms with E-state index in [9.17, 15) is 4.39 Å². The highest BCUT2D eigenvalue weighted by atomic mass is 79.9. The Labute approximate surface area is 108 Å². The van der Waals surface area contributed by atoms with Crippen molar-refractivity contribution < 1.29 is 9.13 Å². The highest BCUT2D eigenvalue weighted by molar-refractivity contribution is 9.10. The zero-order valence-electron chi connectivity index (χ0n) is 9.28. The minimum Gasteiger partial charge on any atom is -0.487 e. The summed E-state index contributed by atoms with van der Waals surface area (Å²) in [7, 11) is 0. The number of halogens is 2. The number of hydrogen-bond acceptors (Lipinski definition) is 2. The third-order valence-electron chi connectivity index (χ3n) is 2.25. The van der Waals surface area contributed by atoms with E-state index < -0.39 is 0 Å². The molecule has 0 N–H and O–H groups in total. The highest BCUT2D eigenvalue weighted by Gasteiger charge is 2.02. The zero-order valence-corrected chi connectivity index (χ0v) is 10.9. The van der Waals surface area contributed by atoms with Gasteiger partial charge in [0, 0.05) is 6.20 Å². The summed E-state index contributed by atoms with van der Waals surface area (Å²) in [5.74, 6) is 0.312. The molecule has 1 heterocycles. The average Bonchev–Trinajstić information content (AvgIpc) is 2.33. The minimum atomic E-state index is -0.300. The Kier molecular flexibility index (Phi) is 3.74. The topological polar surface area (TPSA) is 22.1 Å². The van der Waals surface area contributed by atoms with Gasteiger partial charge in [-0.05, 0) is 52.7 Å². The van der Waals surface area contributed by atoms with E-state index in [4.69, 9.17) is 4.74 Å². The molecule has 17 heavy (non-hydrogen) atoms. The third kappa shape index (κ3) is 3.27. The van der Waals surface area contributed by atoms with Gasteiger partial charge in [0.2, 0.25) is 0 Å². The van der Waals surface area contributed by atoms with Crippen molar-refractivity contribution in [3.63, 3.8) is 0 Å². The van der Waals surface area contributed by atoms with Crippen molar-refractivity contribution in [2.45, 2.75) is 13.5 Å². The maximum absolute atomic E-state index is 13.0. The smallest absolute Gasteiger partial charge is 0.137 e. The van der Waals surface area contributed by atoms with Crippen molar-refractivity contribution >= 4 is 15.9 Å². The monoisotopic (exact) mass is 295 g/mol. The van der Waals surface area contributed by atoms with Crippen LogP contribution in [0.4, 0.5) is 4.39 Å². The van der Waals surface area contributed by atoms with Crippen LogP contribution in [0.5, 0.6) is 5.75 Å². The van der Waals surface area contributed by atoms with Gasteiger partial charge < -0.3 is 4.74 Å². The molecular formula is C13H11BrFNO. The Hall–Kier alpha value is -1.42. The summed E-state index contributed by atoms with van der Waals surface area (Å²) in [6.45, 7) is 2.35. The van der Waals surface area contributed by atoms with Crippen LogP contribution in [-0.4, -0.2) is 4.98 Å². The van der Waals surface area contributed by atoms with Crippen LogP contribution >= 0.6 is 15.9 Å². The van der Waals surface area contributed by atoms with Crippen molar-refractivity contribution in [3.05, 3.63) is 58.1 Å². The second-order valence-electron chi connectivity index (χ2n) is 3.69. The molecule has 0 aliphatic carbocycles. The summed E-state index contributed by atoms with van der Waals surface area (Å²) in [6, 6.07) is 8.44. The molecule has 4 heteroatoms. The molecule has 0 bridgehead atoms. The molecule has 88 valence electrons. The number of benzene rings is 1. The third-order valence-corrected chi connectivity index (χ3v) is 2.86. The lowest BCUT2D eigenvalue weighted by molar-refractivity contribution is 0.300. The Balaban J connectivity index is 2.02. The van der Waals surface area contributed by atoms with Gasteiger partial charge in [0.1, 0.15) is 18.2 Å². The minimum absolute atomic E-state index is 0.300. The van der Waals surface area contributed by atoms with E-state index in [1.165, 1.54) is 6.07 Å². The van der Waals surface area contributed by atoms with Crippen LogP contribution in [0.1, 0.15) is 11.3 Å². The number of pyridine rings is 1. The van der Waals surface area contributed by atoms with Gasteiger partial charge in [-0.1, -0.05) is 6.07 Å². The van der Waals surface area contributed by atoms with E-state index in [-0.39, 0.29) is 5.82 Å². The number of hydrogen-bond donors (Lipinski definition) is 0. The molecule has 0 radical (unpaired) electrons. The lowest BCUT2D eigenvalue weighted by atomic mass is 10.3. The zero-order chi connectivity index (χ0) is 12.3. The molecule has 0 unspecified atom stereocenters. The fourth-order valence-corrected chi connectivity index (χ4v) is 1.67. The van der Waals surface area contributed by atoms with Gasteiger partial charge in [-0.2, -0.15) is 0 Å². The van der Waals surface area contributed by atoms with Crippen LogP contribution in [0.15, 0.2) is 41.0 Å². The average molecular weight is 296 g/mol. The maximum Gasteiger partial charge on any atom is 0.137 e. The van der Waals surface area contributed by atoms with E-state index in [1.807, 2.05) is 19.1 Å². The summed E-state index contributed by atoms with van der Waals surface area (Å²) < 4.78 is 18.9. The summed E-state index contributed by atoms with van der Waals surface area (Å²) in [5.41, 5.74) is 1.95. The summed E-state index contributed by atoms with van der Waals surface area (Å²) in [6.07, 6.45) is 1.79. The first-order chi connectivity index (χ1) is 8.15. The Bertz CT molecular complexity index is 513. The predicted molar refractivity (Wildman–Crippen MR) is 67.4 cm³/mol. The molecule has 0 saturated heterocycles. The van der Waals surface area contributed by atoms with E-state index in [0.29, 0.717) is 16.8 Å². The van der Waals surface area contributed by atoms with Crippen LogP contribution < -0.4 is 4.74 Å². The molecular weight excluding hydrogens is 285 g/mol. The molecule has 0 aliphatic rings. The predicted octanol–water partition coefficient (Wildman–Crippen LogP) is 3.87. The Morgan fingerprint density at radius 2 is 2.12 bits per heavy atom.